The van der Waals surface area contributed by atoms with Crippen molar-refractivity contribution >= 4 is 41.2 Å². The summed E-state index contributed by atoms with van der Waals surface area (Å²) in [6, 6.07) is 8.72. The topological polar surface area (TPSA) is 94.2 Å². The van der Waals surface area contributed by atoms with Gasteiger partial charge in [-0.1, -0.05) is 23.7 Å². The van der Waals surface area contributed by atoms with E-state index in [4.69, 9.17) is 25.8 Å². The first kappa shape index (κ1) is 21.2. The molecule has 1 aliphatic heterocycles. The van der Waals surface area contributed by atoms with Crippen LogP contribution in [0.5, 0.6) is 17.2 Å². The molecule has 4 amide bonds. The number of urea groups is 1. The highest BCUT2D eigenvalue weighted by Gasteiger charge is 2.38. The summed E-state index contributed by atoms with van der Waals surface area (Å²) in [5, 5.41) is 2.41. The van der Waals surface area contributed by atoms with Crippen LogP contribution in [0.2, 0.25) is 5.02 Å². The second-order valence-corrected chi connectivity index (χ2v) is 6.49. The number of rotatable bonds is 6. The fourth-order valence-electron chi connectivity index (χ4n) is 2.93. The van der Waals surface area contributed by atoms with Gasteiger partial charge in [0.1, 0.15) is 11.3 Å². The lowest BCUT2D eigenvalue weighted by Gasteiger charge is -2.27. The molecule has 1 fully saturated rings. The molecule has 9 heteroatoms. The molecule has 1 saturated heterocycles. The Bertz CT molecular complexity index is 1050. The second-order valence-electron chi connectivity index (χ2n) is 6.09. The number of anilines is 1. The number of imide groups is 2. The summed E-state index contributed by atoms with van der Waals surface area (Å²) in [4.78, 5) is 38.8. The summed E-state index contributed by atoms with van der Waals surface area (Å²) in [6.07, 6.45) is 1.30. The molecular weight excluding hydrogens is 412 g/mol. The molecule has 0 unspecified atom stereocenters. The lowest BCUT2D eigenvalue weighted by atomic mass is 10.1. The van der Waals surface area contributed by atoms with E-state index in [-0.39, 0.29) is 16.3 Å². The average molecular weight is 431 g/mol. The zero-order valence-electron chi connectivity index (χ0n) is 16.5. The van der Waals surface area contributed by atoms with E-state index in [0.717, 1.165) is 4.90 Å². The fourth-order valence-corrected chi connectivity index (χ4v) is 3.14. The van der Waals surface area contributed by atoms with E-state index in [9.17, 15) is 14.4 Å². The number of methoxy groups -OCH3 is 2. The number of benzene rings is 2. The van der Waals surface area contributed by atoms with E-state index in [0.29, 0.717) is 29.4 Å². The van der Waals surface area contributed by atoms with Crippen molar-refractivity contribution in [2.45, 2.75) is 6.92 Å². The van der Waals surface area contributed by atoms with E-state index in [1.807, 2.05) is 0 Å². The lowest BCUT2D eigenvalue weighted by Crippen LogP contribution is -2.54. The number of hydrogen-bond acceptors (Lipinski definition) is 6. The molecule has 0 aliphatic carbocycles. The summed E-state index contributed by atoms with van der Waals surface area (Å²) < 4.78 is 15.9. The first-order valence-electron chi connectivity index (χ1n) is 8.96. The first-order valence-corrected chi connectivity index (χ1v) is 9.33. The van der Waals surface area contributed by atoms with Gasteiger partial charge in [0.15, 0.2) is 11.5 Å². The maximum atomic E-state index is 13.1. The lowest BCUT2D eigenvalue weighted by molar-refractivity contribution is -0.122. The predicted octanol–water partition coefficient (Wildman–Crippen LogP) is 3.42. The Morgan fingerprint density at radius 1 is 1.03 bits per heavy atom. The first-order chi connectivity index (χ1) is 14.4. The number of amides is 4. The Balaban J connectivity index is 2.08. The number of hydrogen-bond donors (Lipinski definition) is 1. The van der Waals surface area contributed by atoms with Gasteiger partial charge in [0.2, 0.25) is 0 Å². The second kappa shape index (κ2) is 8.87. The molecule has 30 heavy (non-hydrogen) atoms. The van der Waals surface area contributed by atoms with E-state index in [1.54, 1.807) is 31.2 Å². The van der Waals surface area contributed by atoms with Gasteiger partial charge in [-0.2, -0.15) is 0 Å². The van der Waals surface area contributed by atoms with Crippen molar-refractivity contribution in [2.24, 2.45) is 0 Å². The van der Waals surface area contributed by atoms with Crippen LogP contribution >= 0.6 is 11.6 Å². The minimum absolute atomic E-state index is 0.221. The van der Waals surface area contributed by atoms with Gasteiger partial charge in [0.05, 0.1) is 31.5 Å². The summed E-state index contributed by atoms with van der Waals surface area (Å²) in [7, 11) is 2.91. The van der Waals surface area contributed by atoms with Crippen LogP contribution < -0.4 is 24.4 Å². The van der Waals surface area contributed by atoms with Gasteiger partial charge in [-0.25, -0.2) is 9.69 Å². The molecule has 0 spiro atoms. The molecule has 0 radical (unpaired) electrons. The van der Waals surface area contributed by atoms with Gasteiger partial charge in [-0.05, 0) is 36.8 Å². The molecule has 156 valence electrons. The van der Waals surface area contributed by atoms with Gasteiger partial charge in [-0.3, -0.25) is 14.9 Å². The van der Waals surface area contributed by atoms with E-state index >= 15 is 0 Å². The van der Waals surface area contributed by atoms with E-state index in [1.165, 1.54) is 32.4 Å². The number of ether oxygens (including phenoxy) is 3. The maximum absolute atomic E-state index is 13.1. The van der Waals surface area contributed by atoms with Crippen LogP contribution in [0.15, 0.2) is 42.0 Å². The number of nitrogens with zero attached hydrogens (tertiary/aromatic N) is 1. The third kappa shape index (κ3) is 3.95. The smallest absolute Gasteiger partial charge is 0.336 e. The number of halogens is 1. The zero-order chi connectivity index (χ0) is 21.8. The Kier molecular flexibility index (Phi) is 6.27. The molecular formula is C21H19ClN2O6. The monoisotopic (exact) mass is 430 g/mol. The van der Waals surface area contributed by atoms with Crippen molar-refractivity contribution in [3.63, 3.8) is 0 Å². The van der Waals surface area contributed by atoms with Crippen molar-refractivity contribution < 1.29 is 28.6 Å². The van der Waals surface area contributed by atoms with Crippen molar-refractivity contribution in [1.82, 2.24) is 5.32 Å². The zero-order valence-corrected chi connectivity index (χ0v) is 17.3. The van der Waals surface area contributed by atoms with Crippen LogP contribution in [0, 0.1) is 0 Å². The normalized spacial score (nSPS) is 15.3. The van der Waals surface area contributed by atoms with Gasteiger partial charge in [-0.15, -0.1) is 0 Å². The van der Waals surface area contributed by atoms with Crippen LogP contribution in [-0.2, 0) is 9.59 Å². The maximum Gasteiger partial charge on any atom is 0.336 e. The molecule has 0 aromatic heterocycles. The third-order valence-electron chi connectivity index (χ3n) is 4.31. The Morgan fingerprint density at radius 3 is 2.37 bits per heavy atom. The molecule has 0 bridgehead atoms. The number of para-hydroxylation sites is 2. The van der Waals surface area contributed by atoms with Gasteiger partial charge in [0, 0.05) is 6.07 Å². The average Bonchev–Trinajstić information content (AvgIpc) is 2.73. The SMILES string of the molecule is CCOc1ccccc1N1C(=O)NC(=O)/C(=C\c2cc(OC)c(OC)cc2Cl)C1=O. The largest absolute Gasteiger partial charge is 0.493 e. The molecule has 0 atom stereocenters. The standard InChI is InChI=1S/C21H19ClN2O6/c1-4-30-16-8-6-5-7-15(16)24-20(26)13(19(25)23-21(24)27)9-12-10-17(28-2)18(29-3)11-14(12)22/h5-11H,4H2,1-3H3,(H,23,25,27)/b13-9+. The highest BCUT2D eigenvalue weighted by Crippen LogP contribution is 2.35. The number of barbiturate groups is 1. The summed E-state index contributed by atoms with van der Waals surface area (Å²) >= 11 is 6.28. The van der Waals surface area contributed by atoms with Crippen molar-refractivity contribution in [3.8, 4) is 17.2 Å². The predicted molar refractivity (Wildman–Crippen MR) is 111 cm³/mol. The molecule has 1 heterocycles. The highest BCUT2D eigenvalue weighted by molar-refractivity contribution is 6.40. The molecule has 1 N–H and O–H groups in total. The fraction of sp³-hybridized carbons (Fsp3) is 0.190. The van der Waals surface area contributed by atoms with Crippen LogP contribution in [-0.4, -0.2) is 38.7 Å². The summed E-state index contributed by atoms with van der Waals surface area (Å²) in [5.41, 5.74) is 0.300. The Morgan fingerprint density at radius 2 is 1.70 bits per heavy atom. The molecule has 2 aromatic rings. The molecule has 2 aromatic carbocycles. The minimum Gasteiger partial charge on any atom is -0.493 e. The van der Waals surface area contributed by atoms with Crippen molar-refractivity contribution in [1.29, 1.82) is 0 Å². The molecule has 8 nitrogen and oxygen atoms in total. The summed E-state index contributed by atoms with van der Waals surface area (Å²) in [6.45, 7) is 2.12. The van der Waals surface area contributed by atoms with Crippen molar-refractivity contribution in [2.75, 3.05) is 25.7 Å². The number of nitrogens with one attached hydrogen (secondary N) is 1. The van der Waals surface area contributed by atoms with Gasteiger partial charge >= 0.3 is 6.03 Å². The minimum atomic E-state index is -0.868. The molecule has 1 aliphatic rings. The van der Waals surface area contributed by atoms with Crippen LogP contribution in [0.1, 0.15) is 12.5 Å². The third-order valence-corrected chi connectivity index (χ3v) is 4.64. The molecule has 0 saturated carbocycles. The Hall–Kier alpha value is -3.52. The molecule has 3 rings (SSSR count). The Labute approximate surface area is 178 Å². The van der Waals surface area contributed by atoms with Crippen LogP contribution in [0.3, 0.4) is 0 Å². The van der Waals surface area contributed by atoms with Crippen LogP contribution in [0.25, 0.3) is 6.08 Å². The van der Waals surface area contributed by atoms with Gasteiger partial charge < -0.3 is 14.2 Å². The number of carbonyl (C=O) groups excluding carboxylic acids is 3. The quantitative estimate of drug-likeness (QED) is 0.557. The van der Waals surface area contributed by atoms with Crippen molar-refractivity contribution in [3.05, 3.63) is 52.6 Å². The highest BCUT2D eigenvalue weighted by atomic mass is 35.5. The van der Waals surface area contributed by atoms with Gasteiger partial charge in [0.25, 0.3) is 11.8 Å². The van der Waals surface area contributed by atoms with E-state index in [2.05, 4.69) is 5.32 Å². The number of carbonyl (C=O) groups is 3. The van der Waals surface area contributed by atoms with E-state index < -0.39 is 17.8 Å². The summed E-state index contributed by atoms with van der Waals surface area (Å²) in [5.74, 6) is -0.539. The van der Waals surface area contributed by atoms with Crippen LogP contribution in [0.4, 0.5) is 10.5 Å².